The van der Waals surface area contributed by atoms with Gasteiger partial charge >= 0.3 is 7.82 Å². The van der Waals surface area contributed by atoms with Gasteiger partial charge in [0.2, 0.25) is 0 Å². The van der Waals surface area contributed by atoms with Gasteiger partial charge in [-0.3, -0.25) is 4.52 Å². The Balaban J connectivity index is 4.19. The molecule has 0 aliphatic heterocycles. The molecule has 0 spiro atoms. The SMILES string of the molecule is CCCCCCCC(C)(CCCCC)OP(=O)(O)O. The first-order valence-electron chi connectivity index (χ1n) is 7.59. The van der Waals surface area contributed by atoms with Gasteiger partial charge in [0, 0.05) is 0 Å². The average Bonchev–Trinajstić information content (AvgIpc) is 2.27. The number of hydrogen-bond acceptors (Lipinski definition) is 2. The van der Waals surface area contributed by atoms with Crippen molar-refractivity contribution in [3.63, 3.8) is 0 Å². The standard InChI is InChI=1S/C14H31O4P/c1-4-6-8-9-11-13-14(3,12-10-7-5-2)18-19(15,16)17/h4-13H2,1-3H3,(H2,15,16,17). The highest BCUT2D eigenvalue weighted by molar-refractivity contribution is 7.46. The molecule has 0 heterocycles. The van der Waals surface area contributed by atoms with E-state index in [1.54, 1.807) is 0 Å². The van der Waals surface area contributed by atoms with Crippen molar-refractivity contribution in [1.82, 2.24) is 0 Å². The van der Waals surface area contributed by atoms with E-state index in [1.165, 1.54) is 19.3 Å². The van der Waals surface area contributed by atoms with Crippen LogP contribution in [-0.2, 0) is 9.09 Å². The van der Waals surface area contributed by atoms with Crippen molar-refractivity contribution >= 4 is 7.82 Å². The maximum atomic E-state index is 11.1. The summed E-state index contributed by atoms with van der Waals surface area (Å²) in [6.07, 6.45) is 10.3. The molecule has 0 aromatic rings. The van der Waals surface area contributed by atoms with Crippen molar-refractivity contribution < 1.29 is 18.9 Å². The Labute approximate surface area is 118 Å². The summed E-state index contributed by atoms with van der Waals surface area (Å²) in [6, 6.07) is 0. The van der Waals surface area contributed by atoms with Crippen LogP contribution < -0.4 is 0 Å². The number of hydrogen-bond donors (Lipinski definition) is 2. The third kappa shape index (κ3) is 11.6. The molecule has 0 amide bonds. The summed E-state index contributed by atoms with van der Waals surface area (Å²) >= 11 is 0. The Kier molecular flexibility index (Phi) is 9.98. The van der Waals surface area contributed by atoms with Crippen molar-refractivity contribution in [2.75, 3.05) is 0 Å². The molecule has 0 fully saturated rings. The molecule has 0 aliphatic carbocycles. The quantitative estimate of drug-likeness (QED) is 0.401. The highest BCUT2D eigenvalue weighted by Gasteiger charge is 2.32. The van der Waals surface area contributed by atoms with E-state index in [-0.39, 0.29) is 0 Å². The van der Waals surface area contributed by atoms with Gasteiger partial charge in [-0.1, -0.05) is 65.2 Å². The number of rotatable bonds is 12. The van der Waals surface area contributed by atoms with Crippen molar-refractivity contribution in [2.45, 2.75) is 90.6 Å². The molecule has 0 bridgehead atoms. The lowest BCUT2D eigenvalue weighted by atomic mass is 9.92. The Bertz CT molecular complexity index is 264. The fourth-order valence-corrected chi connectivity index (χ4v) is 3.11. The number of unbranched alkanes of at least 4 members (excludes halogenated alkanes) is 6. The molecule has 0 aliphatic rings. The van der Waals surface area contributed by atoms with E-state index in [9.17, 15) is 4.57 Å². The van der Waals surface area contributed by atoms with Crippen molar-refractivity contribution in [3.05, 3.63) is 0 Å². The third-order valence-corrected chi connectivity index (χ3v) is 4.14. The monoisotopic (exact) mass is 294 g/mol. The summed E-state index contributed by atoms with van der Waals surface area (Å²) in [5, 5.41) is 0. The van der Waals surface area contributed by atoms with E-state index in [0.717, 1.165) is 44.9 Å². The molecule has 0 saturated heterocycles. The van der Waals surface area contributed by atoms with Crippen molar-refractivity contribution in [2.24, 2.45) is 0 Å². The highest BCUT2D eigenvalue weighted by atomic mass is 31.2. The minimum atomic E-state index is -4.40. The van der Waals surface area contributed by atoms with Crippen LogP contribution in [0.25, 0.3) is 0 Å². The van der Waals surface area contributed by atoms with Gasteiger partial charge in [0.05, 0.1) is 5.60 Å². The van der Waals surface area contributed by atoms with Gasteiger partial charge in [-0.05, 0) is 19.8 Å². The molecule has 116 valence electrons. The first-order chi connectivity index (χ1) is 8.83. The molecule has 2 N–H and O–H groups in total. The van der Waals surface area contributed by atoms with Gasteiger partial charge in [0.25, 0.3) is 0 Å². The van der Waals surface area contributed by atoms with Crippen LogP contribution in [0, 0.1) is 0 Å². The molecule has 5 heteroatoms. The fraction of sp³-hybridized carbons (Fsp3) is 1.00. The first kappa shape index (κ1) is 19.1. The van der Waals surface area contributed by atoms with Crippen LogP contribution in [0.15, 0.2) is 0 Å². The molecule has 0 rings (SSSR count). The van der Waals surface area contributed by atoms with Crippen LogP contribution in [0.2, 0.25) is 0 Å². The van der Waals surface area contributed by atoms with E-state index < -0.39 is 13.4 Å². The Morgan fingerprint density at radius 3 is 1.79 bits per heavy atom. The molecule has 1 unspecified atom stereocenters. The van der Waals surface area contributed by atoms with E-state index in [0.29, 0.717) is 0 Å². The Hall–Kier alpha value is 0.110. The maximum absolute atomic E-state index is 11.1. The molecule has 0 saturated carbocycles. The van der Waals surface area contributed by atoms with E-state index >= 15 is 0 Å². The Morgan fingerprint density at radius 1 is 0.895 bits per heavy atom. The van der Waals surface area contributed by atoms with Crippen LogP contribution >= 0.6 is 7.82 Å². The van der Waals surface area contributed by atoms with Gasteiger partial charge in [0.15, 0.2) is 0 Å². The lowest BCUT2D eigenvalue weighted by Gasteiger charge is -2.30. The molecule has 0 radical (unpaired) electrons. The minimum absolute atomic E-state index is 0.680. The normalized spacial score (nSPS) is 15.4. The summed E-state index contributed by atoms with van der Waals surface area (Å²) in [5.74, 6) is 0. The largest absolute Gasteiger partial charge is 0.470 e. The molecular weight excluding hydrogens is 263 g/mol. The molecule has 0 aromatic carbocycles. The zero-order valence-electron chi connectivity index (χ0n) is 12.7. The third-order valence-electron chi connectivity index (χ3n) is 3.46. The molecule has 19 heavy (non-hydrogen) atoms. The summed E-state index contributed by atoms with van der Waals surface area (Å²) in [6.45, 7) is 6.12. The Morgan fingerprint density at radius 2 is 1.32 bits per heavy atom. The minimum Gasteiger partial charge on any atom is -0.303 e. The van der Waals surface area contributed by atoms with Crippen molar-refractivity contribution in [1.29, 1.82) is 0 Å². The topological polar surface area (TPSA) is 66.8 Å². The summed E-state index contributed by atoms with van der Waals surface area (Å²) < 4.78 is 16.1. The lowest BCUT2D eigenvalue weighted by Crippen LogP contribution is -2.27. The highest BCUT2D eigenvalue weighted by Crippen LogP contribution is 2.45. The van der Waals surface area contributed by atoms with Crippen LogP contribution in [0.3, 0.4) is 0 Å². The molecule has 4 nitrogen and oxygen atoms in total. The second-order valence-corrected chi connectivity index (χ2v) is 6.82. The summed E-state index contributed by atoms with van der Waals surface area (Å²) in [5.41, 5.74) is -0.680. The lowest BCUT2D eigenvalue weighted by molar-refractivity contribution is 0.0305. The van der Waals surface area contributed by atoms with E-state index in [1.807, 2.05) is 6.92 Å². The zero-order valence-corrected chi connectivity index (χ0v) is 13.6. The number of phosphoric acid groups is 1. The van der Waals surface area contributed by atoms with Crippen molar-refractivity contribution in [3.8, 4) is 0 Å². The smallest absolute Gasteiger partial charge is 0.303 e. The van der Waals surface area contributed by atoms with Crippen LogP contribution in [-0.4, -0.2) is 15.4 Å². The number of phosphoric ester groups is 1. The van der Waals surface area contributed by atoms with E-state index in [2.05, 4.69) is 13.8 Å². The van der Waals surface area contributed by atoms with Gasteiger partial charge < -0.3 is 9.79 Å². The van der Waals surface area contributed by atoms with Gasteiger partial charge in [-0.2, -0.15) is 0 Å². The average molecular weight is 294 g/mol. The van der Waals surface area contributed by atoms with Crippen LogP contribution in [0.5, 0.6) is 0 Å². The fourth-order valence-electron chi connectivity index (χ4n) is 2.35. The van der Waals surface area contributed by atoms with Gasteiger partial charge in [-0.15, -0.1) is 0 Å². The molecular formula is C14H31O4P. The zero-order chi connectivity index (χ0) is 14.8. The summed E-state index contributed by atoms with van der Waals surface area (Å²) in [4.78, 5) is 18.1. The summed E-state index contributed by atoms with van der Waals surface area (Å²) in [7, 11) is -4.40. The first-order valence-corrected chi connectivity index (χ1v) is 9.12. The van der Waals surface area contributed by atoms with Gasteiger partial charge in [0.1, 0.15) is 0 Å². The van der Waals surface area contributed by atoms with Gasteiger partial charge in [-0.25, -0.2) is 4.57 Å². The molecule has 1 atom stereocenters. The van der Waals surface area contributed by atoms with E-state index in [4.69, 9.17) is 14.3 Å². The second kappa shape index (κ2) is 9.93. The van der Waals surface area contributed by atoms with Crippen LogP contribution in [0.1, 0.15) is 85.0 Å². The predicted octanol–water partition coefficient (Wildman–Crippen LogP) is 4.80. The molecule has 0 aromatic heterocycles. The van der Waals surface area contributed by atoms with Crippen LogP contribution in [0.4, 0.5) is 0 Å². The predicted molar refractivity (Wildman–Crippen MR) is 79.1 cm³/mol. The second-order valence-electron chi connectivity index (χ2n) is 5.65. The maximum Gasteiger partial charge on any atom is 0.470 e.